The van der Waals surface area contributed by atoms with Gasteiger partial charge in [0.15, 0.2) is 0 Å². The standard InChI is InChI=1S/C18H20O5/c1-4-22-18(20)15-10(2)16-13(9-14(15)17(19)23-16)11-5-7-12(21-3)8-6-11/h5-10,14-16H,4H2,1-3H3/t10-,14-,15-,16-/m0/s1. The zero-order chi connectivity index (χ0) is 16.6. The molecule has 0 spiro atoms. The Labute approximate surface area is 135 Å². The fraction of sp³-hybridized carbons (Fsp3) is 0.444. The van der Waals surface area contributed by atoms with Gasteiger partial charge in [0.2, 0.25) is 0 Å². The first-order valence-electron chi connectivity index (χ1n) is 7.80. The average Bonchev–Trinajstić information content (AvgIpc) is 2.56. The Balaban J connectivity index is 1.95. The molecular weight excluding hydrogens is 296 g/mol. The lowest BCUT2D eigenvalue weighted by atomic mass is 9.68. The molecule has 1 aromatic rings. The predicted molar refractivity (Wildman–Crippen MR) is 83.6 cm³/mol. The van der Waals surface area contributed by atoms with Crippen molar-refractivity contribution in [1.82, 2.24) is 0 Å². The second-order valence-electron chi connectivity index (χ2n) is 5.87. The van der Waals surface area contributed by atoms with E-state index in [9.17, 15) is 9.59 Å². The Bertz CT molecular complexity index is 646. The van der Waals surface area contributed by atoms with E-state index in [2.05, 4.69) is 0 Å². The molecule has 0 saturated carbocycles. The van der Waals surface area contributed by atoms with Crippen LogP contribution in [0.4, 0.5) is 0 Å². The number of rotatable bonds is 4. The average molecular weight is 316 g/mol. The van der Waals surface area contributed by atoms with E-state index in [4.69, 9.17) is 14.2 Å². The fourth-order valence-electron chi connectivity index (χ4n) is 3.42. The molecule has 1 saturated heterocycles. The quantitative estimate of drug-likeness (QED) is 0.799. The monoisotopic (exact) mass is 316 g/mol. The highest BCUT2D eigenvalue weighted by Gasteiger charge is 2.52. The van der Waals surface area contributed by atoms with Gasteiger partial charge in [0.25, 0.3) is 0 Å². The number of fused-ring (bicyclic) bond motifs is 2. The Morgan fingerprint density at radius 1 is 1.26 bits per heavy atom. The van der Waals surface area contributed by atoms with Gasteiger partial charge >= 0.3 is 11.9 Å². The molecule has 5 nitrogen and oxygen atoms in total. The summed E-state index contributed by atoms with van der Waals surface area (Å²) in [5.74, 6) is -1.06. The van der Waals surface area contributed by atoms with Gasteiger partial charge in [-0.2, -0.15) is 0 Å². The molecule has 5 heteroatoms. The van der Waals surface area contributed by atoms with E-state index in [1.54, 1.807) is 14.0 Å². The number of ether oxygens (including phenoxy) is 3. The highest BCUT2D eigenvalue weighted by molar-refractivity contribution is 5.92. The van der Waals surface area contributed by atoms with E-state index < -0.39 is 17.9 Å². The molecule has 0 amide bonds. The first kappa shape index (κ1) is 15.6. The lowest BCUT2D eigenvalue weighted by molar-refractivity contribution is -0.176. The maximum absolute atomic E-state index is 12.2. The number of benzene rings is 1. The summed E-state index contributed by atoms with van der Waals surface area (Å²) in [6.45, 7) is 4.01. The topological polar surface area (TPSA) is 61.8 Å². The van der Waals surface area contributed by atoms with Crippen molar-refractivity contribution in [3.8, 4) is 5.75 Å². The molecule has 2 aliphatic heterocycles. The van der Waals surface area contributed by atoms with Gasteiger partial charge in [-0.3, -0.25) is 9.59 Å². The van der Waals surface area contributed by atoms with Crippen LogP contribution in [-0.2, 0) is 19.1 Å². The molecule has 4 atom stereocenters. The summed E-state index contributed by atoms with van der Waals surface area (Å²) in [5, 5.41) is 0. The Kier molecular flexibility index (Phi) is 4.11. The van der Waals surface area contributed by atoms with E-state index in [-0.39, 0.29) is 17.9 Å². The van der Waals surface area contributed by atoms with Crippen LogP contribution in [0.2, 0.25) is 0 Å². The normalized spacial score (nSPS) is 28.8. The Morgan fingerprint density at radius 2 is 1.96 bits per heavy atom. The Hall–Kier alpha value is -2.30. The molecule has 0 N–H and O–H groups in total. The molecule has 122 valence electrons. The number of methoxy groups -OCH3 is 1. The SMILES string of the molecule is CCOC(=O)[C@H]1[C@H](C)[C@@H]2OC(=O)[C@H]1C=C2c1ccc(OC)cc1. The second kappa shape index (κ2) is 6.07. The molecule has 23 heavy (non-hydrogen) atoms. The molecule has 2 heterocycles. The summed E-state index contributed by atoms with van der Waals surface area (Å²) in [6, 6.07) is 7.61. The Morgan fingerprint density at radius 3 is 2.57 bits per heavy atom. The van der Waals surface area contributed by atoms with Gasteiger partial charge in [0, 0.05) is 5.92 Å². The highest BCUT2D eigenvalue weighted by atomic mass is 16.6. The van der Waals surface area contributed by atoms with Crippen LogP contribution in [0.1, 0.15) is 19.4 Å². The van der Waals surface area contributed by atoms with E-state index in [0.717, 1.165) is 16.9 Å². The zero-order valence-corrected chi connectivity index (χ0v) is 13.4. The van der Waals surface area contributed by atoms with Gasteiger partial charge < -0.3 is 14.2 Å². The highest BCUT2D eigenvalue weighted by Crippen LogP contribution is 2.45. The molecule has 3 aliphatic rings. The van der Waals surface area contributed by atoms with Crippen molar-refractivity contribution in [3.05, 3.63) is 35.9 Å². The van der Waals surface area contributed by atoms with Crippen molar-refractivity contribution in [2.75, 3.05) is 13.7 Å². The van der Waals surface area contributed by atoms with Gasteiger partial charge in [-0.1, -0.05) is 25.1 Å². The third kappa shape index (κ3) is 2.60. The summed E-state index contributed by atoms with van der Waals surface area (Å²) in [7, 11) is 1.62. The zero-order valence-electron chi connectivity index (χ0n) is 13.4. The van der Waals surface area contributed by atoms with Gasteiger partial charge in [0.1, 0.15) is 11.9 Å². The van der Waals surface area contributed by atoms with Crippen LogP contribution in [-0.4, -0.2) is 31.8 Å². The third-order valence-corrected chi connectivity index (χ3v) is 4.59. The molecule has 4 rings (SSSR count). The van der Waals surface area contributed by atoms with Gasteiger partial charge in [-0.05, 0) is 30.2 Å². The molecule has 1 fully saturated rings. The van der Waals surface area contributed by atoms with Crippen molar-refractivity contribution < 1.29 is 23.8 Å². The molecule has 1 aromatic carbocycles. The minimum Gasteiger partial charge on any atom is -0.497 e. The fourth-order valence-corrected chi connectivity index (χ4v) is 3.42. The van der Waals surface area contributed by atoms with Crippen LogP contribution in [0.25, 0.3) is 5.57 Å². The molecule has 0 unspecified atom stereocenters. The largest absolute Gasteiger partial charge is 0.497 e. The predicted octanol–water partition coefficient (Wildman–Crippen LogP) is 2.45. The number of esters is 2. The van der Waals surface area contributed by atoms with Gasteiger partial charge in [-0.15, -0.1) is 0 Å². The summed E-state index contributed by atoms with van der Waals surface area (Å²) in [5.41, 5.74) is 1.92. The van der Waals surface area contributed by atoms with Crippen LogP contribution in [0.5, 0.6) is 5.75 Å². The molecule has 0 radical (unpaired) electrons. The summed E-state index contributed by atoms with van der Waals surface area (Å²) in [6.07, 6.45) is 1.44. The smallest absolute Gasteiger partial charge is 0.314 e. The van der Waals surface area contributed by atoms with Crippen LogP contribution < -0.4 is 4.74 Å². The van der Waals surface area contributed by atoms with E-state index in [1.807, 2.05) is 37.3 Å². The van der Waals surface area contributed by atoms with Crippen molar-refractivity contribution in [2.24, 2.45) is 17.8 Å². The van der Waals surface area contributed by atoms with Crippen LogP contribution >= 0.6 is 0 Å². The van der Waals surface area contributed by atoms with Crippen LogP contribution in [0.15, 0.2) is 30.3 Å². The maximum atomic E-state index is 12.2. The number of hydrogen-bond donors (Lipinski definition) is 0. The minimum atomic E-state index is -0.578. The number of hydrogen-bond acceptors (Lipinski definition) is 5. The molecule has 0 aromatic heterocycles. The summed E-state index contributed by atoms with van der Waals surface area (Å²) in [4.78, 5) is 24.3. The van der Waals surface area contributed by atoms with Crippen LogP contribution in [0, 0.1) is 17.8 Å². The maximum Gasteiger partial charge on any atom is 0.314 e. The second-order valence-corrected chi connectivity index (χ2v) is 5.87. The lowest BCUT2D eigenvalue weighted by Gasteiger charge is -2.43. The minimum absolute atomic E-state index is 0.112. The first-order chi connectivity index (χ1) is 11.1. The van der Waals surface area contributed by atoms with Gasteiger partial charge in [-0.25, -0.2) is 0 Å². The first-order valence-corrected chi connectivity index (χ1v) is 7.80. The van der Waals surface area contributed by atoms with Gasteiger partial charge in [0.05, 0.1) is 25.6 Å². The van der Waals surface area contributed by atoms with Crippen molar-refractivity contribution in [1.29, 1.82) is 0 Å². The van der Waals surface area contributed by atoms with Crippen molar-refractivity contribution >= 4 is 17.5 Å². The van der Waals surface area contributed by atoms with E-state index in [0.29, 0.717) is 6.61 Å². The molecular formula is C18H20O5. The lowest BCUT2D eigenvalue weighted by Crippen LogP contribution is -2.51. The molecule has 1 aliphatic carbocycles. The summed E-state index contributed by atoms with van der Waals surface area (Å²) < 4.78 is 15.8. The van der Waals surface area contributed by atoms with Crippen molar-refractivity contribution in [2.45, 2.75) is 20.0 Å². The summed E-state index contributed by atoms with van der Waals surface area (Å²) >= 11 is 0. The number of carbonyl (C=O) groups is 2. The van der Waals surface area contributed by atoms with Crippen molar-refractivity contribution in [3.63, 3.8) is 0 Å². The third-order valence-electron chi connectivity index (χ3n) is 4.59. The van der Waals surface area contributed by atoms with E-state index >= 15 is 0 Å². The van der Waals surface area contributed by atoms with Crippen LogP contribution in [0.3, 0.4) is 0 Å². The molecule has 2 bridgehead atoms. The van der Waals surface area contributed by atoms with E-state index in [1.165, 1.54) is 0 Å². The number of carbonyl (C=O) groups excluding carboxylic acids is 2.